The minimum Gasteiger partial charge on any atom is -0.325 e. The van der Waals surface area contributed by atoms with Gasteiger partial charge in [-0.25, -0.2) is 9.07 Å². The van der Waals surface area contributed by atoms with Crippen LogP contribution in [0.25, 0.3) is 0 Å². The molecule has 0 aliphatic rings. The van der Waals surface area contributed by atoms with E-state index in [-0.39, 0.29) is 5.91 Å². The Balaban J connectivity index is 1.99. The number of allylic oxidation sites excluding steroid dienone is 1. The average molecular weight is 307 g/mol. The summed E-state index contributed by atoms with van der Waals surface area (Å²) in [4.78, 5) is 12.1. The van der Waals surface area contributed by atoms with Gasteiger partial charge in [0.15, 0.2) is 0 Å². The number of benzene rings is 1. The van der Waals surface area contributed by atoms with Crippen molar-refractivity contribution in [2.75, 3.05) is 5.32 Å². The van der Waals surface area contributed by atoms with Crippen LogP contribution in [0.5, 0.6) is 0 Å². The molecule has 2 rings (SSSR count). The molecule has 2 aromatic rings. The molecular formula is C13H14FN5OS. The highest BCUT2D eigenvalue weighted by atomic mass is 32.2. The van der Waals surface area contributed by atoms with Crippen LogP contribution >= 0.6 is 11.8 Å². The second-order valence-corrected chi connectivity index (χ2v) is 5.50. The van der Waals surface area contributed by atoms with Crippen molar-refractivity contribution in [1.82, 2.24) is 20.2 Å². The molecular weight excluding hydrogens is 293 g/mol. The number of tetrazole rings is 1. The van der Waals surface area contributed by atoms with Gasteiger partial charge in [0.1, 0.15) is 5.82 Å². The molecule has 110 valence electrons. The van der Waals surface area contributed by atoms with Crippen molar-refractivity contribution in [3.63, 3.8) is 0 Å². The number of hydrogen-bond acceptors (Lipinski definition) is 5. The summed E-state index contributed by atoms with van der Waals surface area (Å²) < 4.78 is 14.6. The van der Waals surface area contributed by atoms with E-state index in [1.165, 1.54) is 30.0 Å². The quantitative estimate of drug-likeness (QED) is 0.653. The minimum absolute atomic E-state index is 0.251. The van der Waals surface area contributed by atoms with Gasteiger partial charge in [-0.2, -0.15) is 0 Å². The van der Waals surface area contributed by atoms with E-state index in [9.17, 15) is 9.18 Å². The van der Waals surface area contributed by atoms with E-state index in [0.29, 0.717) is 17.4 Å². The first-order valence-electron chi connectivity index (χ1n) is 6.20. The number of thioether (sulfide) groups is 1. The fourth-order valence-electron chi connectivity index (χ4n) is 1.54. The lowest BCUT2D eigenvalue weighted by molar-refractivity contribution is -0.115. The van der Waals surface area contributed by atoms with Gasteiger partial charge in [0, 0.05) is 5.69 Å². The smallest absolute Gasteiger partial charge is 0.237 e. The van der Waals surface area contributed by atoms with Crippen LogP contribution in [0.15, 0.2) is 42.1 Å². The molecule has 0 saturated carbocycles. The molecule has 1 atom stereocenters. The predicted octanol–water partition coefficient (Wildman–Crippen LogP) is 2.12. The standard InChI is InChI=1S/C13H14FN5OS/c1-3-7-19-13(16-17-18-19)21-9(2)12(20)15-11-6-4-5-10(14)8-11/h3-6,8-9H,1,7H2,2H3,(H,15,20). The molecule has 8 heteroatoms. The maximum absolute atomic E-state index is 13.1. The first-order chi connectivity index (χ1) is 10.1. The summed E-state index contributed by atoms with van der Waals surface area (Å²) >= 11 is 1.22. The topological polar surface area (TPSA) is 72.7 Å². The van der Waals surface area contributed by atoms with Crippen LogP contribution in [0.1, 0.15) is 6.92 Å². The summed E-state index contributed by atoms with van der Waals surface area (Å²) in [6.07, 6.45) is 1.66. The van der Waals surface area contributed by atoms with Gasteiger partial charge in [0.25, 0.3) is 0 Å². The molecule has 0 saturated heterocycles. The molecule has 0 fully saturated rings. The number of nitrogens with one attached hydrogen (secondary N) is 1. The Bertz CT molecular complexity index is 645. The average Bonchev–Trinajstić information content (AvgIpc) is 2.86. The monoisotopic (exact) mass is 307 g/mol. The van der Waals surface area contributed by atoms with E-state index in [1.54, 1.807) is 23.7 Å². The molecule has 21 heavy (non-hydrogen) atoms. The zero-order valence-corrected chi connectivity index (χ0v) is 12.2. The van der Waals surface area contributed by atoms with Crippen molar-refractivity contribution in [2.24, 2.45) is 0 Å². The van der Waals surface area contributed by atoms with Gasteiger partial charge in [-0.3, -0.25) is 4.79 Å². The number of hydrogen-bond donors (Lipinski definition) is 1. The van der Waals surface area contributed by atoms with Gasteiger partial charge in [0.2, 0.25) is 11.1 Å². The number of carbonyl (C=O) groups is 1. The van der Waals surface area contributed by atoms with E-state index in [1.807, 2.05) is 0 Å². The molecule has 1 amide bonds. The molecule has 1 N–H and O–H groups in total. The molecule has 0 bridgehead atoms. The van der Waals surface area contributed by atoms with Gasteiger partial charge in [-0.15, -0.1) is 11.7 Å². The van der Waals surface area contributed by atoms with Gasteiger partial charge < -0.3 is 5.32 Å². The fraction of sp³-hybridized carbons (Fsp3) is 0.231. The molecule has 0 aliphatic carbocycles. The highest BCUT2D eigenvalue weighted by Gasteiger charge is 2.18. The summed E-state index contributed by atoms with van der Waals surface area (Å²) in [6.45, 7) is 5.81. The van der Waals surface area contributed by atoms with Crippen LogP contribution in [0.4, 0.5) is 10.1 Å². The van der Waals surface area contributed by atoms with Crippen molar-refractivity contribution in [2.45, 2.75) is 23.9 Å². The Morgan fingerprint density at radius 1 is 1.62 bits per heavy atom. The van der Waals surface area contributed by atoms with Gasteiger partial charge in [-0.05, 0) is 35.5 Å². The Morgan fingerprint density at radius 2 is 2.43 bits per heavy atom. The second kappa shape index (κ2) is 6.98. The van der Waals surface area contributed by atoms with Gasteiger partial charge in [0.05, 0.1) is 11.8 Å². The maximum atomic E-state index is 13.1. The SMILES string of the molecule is C=CCn1nnnc1SC(C)C(=O)Nc1cccc(F)c1. The maximum Gasteiger partial charge on any atom is 0.237 e. The summed E-state index contributed by atoms with van der Waals surface area (Å²) in [6, 6.07) is 5.74. The number of anilines is 1. The summed E-state index contributed by atoms with van der Waals surface area (Å²) in [5, 5.41) is 14.0. The second-order valence-electron chi connectivity index (χ2n) is 4.19. The Hall–Kier alpha value is -2.22. The molecule has 1 unspecified atom stereocenters. The zero-order valence-electron chi connectivity index (χ0n) is 11.4. The predicted molar refractivity (Wildman–Crippen MR) is 78.4 cm³/mol. The van der Waals surface area contributed by atoms with E-state index in [4.69, 9.17) is 0 Å². The highest BCUT2D eigenvalue weighted by molar-refractivity contribution is 8.00. The van der Waals surface area contributed by atoms with Crippen molar-refractivity contribution in [1.29, 1.82) is 0 Å². The molecule has 1 aromatic carbocycles. The highest BCUT2D eigenvalue weighted by Crippen LogP contribution is 2.21. The molecule has 0 spiro atoms. The first kappa shape index (κ1) is 15.2. The Labute approximate surface area is 125 Å². The number of nitrogens with zero attached hydrogens (tertiary/aromatic N) is 4. The van der Waals surface area contributed by atoms with Crippen LogP contribution < -0.4 is 5.32 Å². The molecule has 6 nitrogen and oxygen atoms in total. The lowest BCUT2D eigenvalue weighted by Gasteiger charge is -2.11. The van der Waals surface area contributed by atoms with E-state index in [2.05, 4.69) is 27.4 Å². The minimum atomic E-state index is -0.428. The summed E-state index contributed by atoms with van der Waals surface area (Å²) in [5.74, 6) is -0.651. The Morgan fingerprint density at radius 3 is 3.14 bits per heavy atom. The van der Waals surface area contributed by atoms with Gasteiger partial charge in [-0.1, -0.05) is 23.9 Å². The number of rotatable bonds is 6. The zero-order chi connectivity index (χ0) is 15.2. The van der Waals surface area contributed by atoms with Crippen molar-refractivity contribution in [3.8, 4) is 0 Å². The van der Waals surface area contributed by atoms with Crippen LogP contribution in [0.3, 0.4) is 0 Å². The summed E-state index contributed by atoms with van der Waals surface area (Å²) in [5.41, 5.74) is 0.415. The van der Waals surface area contributed by atoms with E-state index in [0.717, 1.165) is 0 Å². The third-order valence-corrected chi connectivity index (χ3v) is 3.62. The molecule has 1 aromatic heterocycles. The normalized spacial score (nSPS) is 11.9. The first-order valence-corrected chi connectivity index (χ1v) is 7.08. The lowest BCUT2D eigenvalue weighted by Crippen LogP contribution is -2.23. The number of aromatic nitrogens is 4. The van der Waals surface area contributed by atoms with Crippen molar-refractivity contribution in [3.05, 3.63) is 42.7 Å². The number of halogens is 1. The van der Waals surface area contributed by atoms with E-state index >= 15 is 0 Å². The van der Waals surface area contributed by atoms with Crippen molar-refractivity contribution >= 4 is 23.4 Å². The summed E-state index contributed by atoms with van der Waals surface area (Å²) in [7, 11) is 0. The number of carbonyl (C=O) groups excluding carboxylic acids is 1. The molecule has 1 heterocycles. The number of amides is 1. The molecule has 0 radical (unpaired) electrons. The third-order valence-electron chi connectivity index (χ3n) is 2.54. The van der Waals surface area contributed by atoms with Crippen LogP contribution in [-0.4, -0.2) is 31.4 Å². The van der Waals surface area contributed by atoms with Crippen molar-refractivity contribution < 1.29 is 9.18 Å². The van der Waals surface area contributed by atoms with E-state index < -0.39 is 11.1 Å². The van der Waals surface area contributed by atoms with Crippen LogP contribution in [-0.2, 0) is 11.3 Å². The Kier molecular flexibility index (Phi) is 5.04. The lowest BCUT2D eigenvalue weighted by atomic mass is 10.3. The van der Waals surface area contributed by atoms with Gasteiger partial charge >= 0.3 is 0 Å². The molecule has 0 aliphatic heterocycles. The third kappa shape index (κ3) is 4.12. The fourth-order valence-corrected chi connectivity index (χ4v) is 2.34. The largest absolute Gasteiger partial charge is 0.325 e. The van der Waals surface area contributed by atoms with Crippen LogP contribution in [0.2, 0.25) is 0 Å². The van der Waals surface area contributed by atoms with Crippen LogP contribution in [0, 0.1) is 5.82 Å².